The number of rotatable bonds is 4. The van der Waals surface area contributed by atoms with Gasteiger partial charge < -0.3 is 0 Å². The molecule has 0 bridgehead atoms. The zero-order chi connectivity index (χ0) is 16.5. The Labute approximate surface area is 133 Å². The molecule has 0 fully saturated rings. The third-order valence-corrected chi connectivity index (χ3v) is 4.02. The summed E-state index contributed by atoms with van der Waals surface area (Å²) in [6.07, 6.45) is 5.32. The quantitative estimate of drug-likeness (QED) is 0.738. The van der Waals surface area contributed by atoms with Gasteiger partial charge in [0.1, 0.15) is 30.3 Å². The van der Waals surface area contributed by atoms with E-state index in [2.05, 4.69) is 63.1 Å². The number of benzene rings is 1. The number of imidazole rings is 1. The van der Waals surface area contributed by atoms with Crippen LogP contribution in [0.1, 0.15) is 52.4 Å². The Balaban J connectivity index is 2.26. The zero-order valence-electron chi connectivity index (χ0n) is 14.7. The van der Waals surface area contributed by atoms with E-state index in [-0.39, 0.29) is 16.8 Å². The highest BCUT2D eigenvalue weighted by Crippen LogP contribution is 2.32. The lowest BCUT2D eigenvalue weighted by Gasteiger charge is -2.30. The van der Waals surface area contributed by atoms with Gasteiger partial charge in [-0.15, -0.1) is 0 Å². The molecular formula is C19H28FN2+. The predicted octanol–water partition coefficient (Wildman–Crippen LogP) is 4.44. The smallest absolute Gasteiger partial charge is 0.230 e. The van der Waals surface area contributed by atoms with Crippen molar-refractivity contribution in [1.82, 2.24) is 4.57 Å². The van der Waals surface area contributed by atoms with Crippen molar-refractivity contribution in [2.75, 3.05) is 0 Å². The maximum atomic E-state index is 13.3. The summed E-state index contributed by atoms with van der Waals surface area (Å²) in [6, 6.07) is 6.82. The van der Waals surface area contributed by atoms with Crippen LogP contribution in [0.5, 0.6) is 0 Å². The molecule has 22 heavy (non-hydrogen) atoms. The van der Waals surface area contributed by atoms with E-state index in [0.717, 1.165) is 12.0 Å². The standard InChI is InChI=1S/C19H28FN2/c1-15-21(13-16-8-7-9-17(20)12-16)10-11-22(15)19(5,6)14-18(2,3)4/h7-12H,13-14H2,1-6H3/q+1. The van der Waals surface area contributed by atoms with Crippen molar-refractivity contribution in [1.29, 1.82) is 0 Å². The van der Waals surface area contributed by atoms with Gasteiger partial charge in [-0.1, -0.05) is 32.9 Å². The third-order valence-electron chi connectivity index (χ3n) is 4.02. The van der Waals surface area contributed by atoms with Gasteiger partial charge in [-0.25, -0.2) is 13.5 Å². The van der Waals surface area contributed by atoms with Crippen molar-refractivity contribution in [3.63, 3.8) is 0 Å². The lowest BCUT2D eigenvalue weighted by Crippen LogP contribution is -2.39. The highest BCUT2D eigenvalue weighted by Gasteiger charge is 2.33. The van der Waals surface area contributed by atoms with E-state index in [1.54, 1.807) is 12.1 Å². The normalized spacial score (nSPS) is 12.7. The summed E-state index contributed by atoms with van der Waals surface area (Å²) >= 11 is 0. The van der Waals surface area contributed by atoms with Crippen LogP contribution >= 0.6 is 0 Å². The molecule has 3 heteroatoms. The van der Waals surface area contributed by atoms with Crippen LogP contribution in [0.3, 0.4) is 0 Å². The fourth-order valence-electron chi connectivity index (χ4n) is 3.52. The Morgan fingerprint density at radius 1 is 1.14 bits per heavy atom. The molecule has 2 nitrogen and oxygen atoms in total. The van der Waals surface area contributed by atoms with Gasteiger partial charge in [0.05, 0.1) is 0 Å². The summed E-state index contributed by atoms with van der Waals surface area (Å²) in [5.74, 6) is 1.02. The molecule has 0 N–H and O–H groups in total. The summed E-state index contributed by atoms with van der Waals surface area (Å²) in [6.45, 7) is 14.2. The van der Waals surface area contributed by atoms with E-state index in [1.165, 1.54) is 11.9 Å². The van der Waals surface area contributed by atoms with Crippen molar-refractivity contribution in [2.45, 2.75) is 60.0 Å². The number of hydrogen-bond donors (Lipinski definition) is 0. The molecule has 1 aromatic carbocycles. The molecule has 0 aliphatic rings. The van der Waals surface area contributed by atoms with Crippen LogP contribution in [0.4, 0.5) is 4.39 Å². The van der Waals surface area contributed by atoms with Crippen LogP contribution < -0.4 is 4.57 Å². The van der Waals surface area contributed by atoms with E-state index in [0.29, 0.717) is 6.54 Å². The second-order valence-electron chi connectivity index (χ2n) is 8.02. The summed E-state index contributed by atoms with van der Waals surface area (Å²) in [5.41, 5.74) is 1.31. The van der Waals surface area contributed by atoms with Crippen LogP contribution in [0.15, 0.2) is 36.7 Å². The Morgan fingerprint density at radius 2 is 1.82 bits per heavy atom. The minimum atomic E-state index is -0.178. The van der Waals surface area contributed by atoms with Gasteiger partial charge in [-0.2, -0.15) is 0 Å². The van der Waals surface area contributed by atoms with Crippen LogP contribution in [0, 0.1) is 18.2 Å². The fraction of sp³-hybridized carbons (Fsp3) is 0.526. The average Bonchev–Trinajstić information content (AvgIpc) is 2.69. The molecule has 0 unspecified atom stereocenters. The molecule has 0 radical (unpaired) electrons. The van der Waals surface area contributed by atoms with Crippen molar-refractivity contribution < 1.29 is 8.96 Å². The van der Waals surface area contributed by atoms with E-state index >= 15 is 0 Å². The first-order chi connectivity index (χ1) is 10.1. The second-order valence-corrected chi connectivity index (χ2v) is 8.02. The first kappa shape index (κ1) is 16.7. The summed E-state index contributed by atoms with van der Waals surface area (Å²) in [4.78, 5) is 0. The molecule has 0 saturated heterocycles. The Bertz CT molecular complexity index is 648. The molecule has 0 atom stereocenters. The maximum absolute atomic E-state index is 13.3. The van der Waals surface area contributed by atoms with Gasteiger partial charge >= 0.3 is 0 Å². The van der Waals surface area contributed by atoms with Crippen LogP contribution in [0.2, 0.25) is 0 Å². The maximum Gasteiger partial charge on any atom is 0.253 e. The molecule has 2 rings (SSSR count). The van der Waals surface area contributed by atoms with Crippen molar-refractivity contribution in [3.8, 4) is 0 Å². The average molecular weight is 303 g/mol. The highest BCUT2D eigenvalue weighted by atomic mass is 19.1. The van der Waals surface area contributed by atoms with Crippen molar-refractivity contribution in [2.24, 2.45) is 5.41 Å². The van der Waals surface area contributed by atoms with E-state index in [9.17, 15) is 4.39 Å². The van der Waals surface area contributed by atoms with Crippen LogP contribution in [-0.2, 0) is 12.1 Å². The number of aromatic nitrogens is 2. The molecule has 0 saturated carbocycles. The Kier molecular flexibility index (Phi) is 4.46. The van der Waals surface area contributed by atoms with Crippen LogP contribution in [0.25, 0.3) is 0 Å². The molecule has 2 aromatic rings. The molecule has 1 heterocycles. The second kappa shape index (κ2) is 5.86. The lowest BCUT2D eigenvalue weighted by molar-refractivity contribution is -0.694. The summed E-state index contributed by atoms with van der Waals surface area (Å²) < 4.78 is 17.8. The first-order valence-corrected chi connectivity index (χ1v) is 7.91. The molecule has 120 valence electrons. The highest BCUT2D eigenvalue weighted by molar-refractivity contribution is 5.15. The SMILES string of the molecule is Cc1n(C(C)(C)CC(C)(C)C)cc[n+]1Cc1cccc(F)c1. The van der Waals surface area contributed by atoms with Crippen molar-refractivity contribution in [3.05, 3.63) is 53.9 Å². The van der Waals surface area contributed by atoms with E-state index in [1.807, 2.05) is 6.07 Å². The minimum absolute atomic E-state index is 0.0511. The molecular weight excluding hydrogens is 275 g/mol. The van der Waals surface area contributed by atoms with E-state index < -0.39 is 0 Å². The van der Waals surface area contributed by atoms with Gasteiger partial charge in [-0.05, 0) is 43.4 Å². The van der Waals surface area contributed by atoms with Crippen molar-refractivity contribution >= 4 is 0 Å². The minimum Gasteiger partial charge on any atom is -0.230 e. The molecule has 0 aliphatic heterocycles. The molecule has 0 spiro atoms. The zero-order valence-corrected chi connectivity index (χ0v) is 14.7. The number of nitrogens with zero attached hydrogens (tertiary/aromatic N) is 2. The predicted molar refractivity (Wildman–Crippen MR) is 88.3 cm³/mol. The first-order valence-electron chi connectivity index (χ1n) is 7.91. The molecule has 0 amide bonds. The largest absolute Gasteiger partial charge is 0.253 e. The van der Waals surface area contributed by atoms with Gasteiger partial charge in [0, 0.05) is 6.92 Å². The monoisotopic (exact) mass is 303 g/mol. The van der Waals surface area contributed by atoms with Gasteiger partial charge in [0.25, 0.3) is 5.82 Å². The van der Waals surface area contributed by atoms with Crippen LogP contribution in [-0.4, -0.2) is 4.57 Å². The molecule has 1 aromatic heterocycles. The topological polar surface area (TPSA) is 8.81 Å². The molecule has 0 aliphatic carbocycles. The lowest BCUT2D eigenvalue weighted by atomic mass is 9.81. The van der Waals surface area contributed by atoms with E-state index in [4.69, 9.17) is 0 Å². The van der Waals surface area contributed by atoms with Gasteiger partial charge in [0.15, 0.2) is 0 Å². The van der Waals surface area contributed by atoms with Gasteiger partial charge in [-0.3, -0.25) is 0 Å². The Hall–Kier alpha value is -1.64. The van der Waals surface area contributed by atoms with Gasteiger partial charge in [0.2, 0.25) is 0 Å². The number of halogens is 1. The third kappa shape index (κ3) is 3.96. The fourth-order valence-corrected chi connectivity index (χ4v) is 3.52. The summed E-state index contributed by atoms with van der Waals surface area (Å²) in [5, 5.41) is 0. The number of hydrogen-bond acceptors (Lipinski definition) is 0. The Morgan fingerprint density at radius 3 is 2.41 bits per heavy atom. The summed E-state index contributed by atoms with van der Waals surface area (Å²) in [7, 11) is 0.